The Morgan fingerprint density at radius 2 is 2.33 bits per heavy atom. The van der Waals surface area contributed by atoms with E-state index in [4.69, 9.17) is 15.2 Å². The topological polar surface area (TPSA) is 64.7 Å². The predicted molar refractivity (Wildman–Crippen MR) is 69.7 cm³/mol. The first-order valence-corrected chi connectivity index (χ1v) is 6.51. The van der Waals surface area contributed by atoms with Crippen molar-refractivity contribution in [1.29, 1.82) is 0 Å². The van der Waals surface area contributed by atoms with Crippen molar-refractivity contribution in [2.24, 2.45) is 5.73 Å². The first kappa shape index (κ1) is 13.2. The summed E-state index contributed by atoms with van der Waals surface area (Å²) in [5, 5.41) is 9.89. The summed E-state index contributed by atoms with van der Waals surface area (Å²) in [6, 6.07) is 5.38. The highest BCUT2D eigenvalue weighted by Crippen LogP contribution is 2.26. The average Bonchev–Trinajstić information content (AvgIpc) is 2.33. The molecule has 1 aromatic carbocycles. The third-order valence-corrected chi connectivity index (χ3v) is 3.00. The summed E-state index contributed by atoms with van der Waals surface area (Å²) < 4.78 is 11.2. The Labute approximate surface area is 108 Å². The van der Waals surface area contributed by atoms with E-state index < -0.39 is 0 Å². The van der Waals surface area contributed by atoms with Crippen LogP contribution in [-0.4, -0.2) is 24.0 Å². The van der Waals surface area contributed by atoms with Crippen LogP contribution in [0.5, 0.6) is 11.5 Å². The number of hydrogen-bond acceptors (Lipinski definition) is 4. The van der Waals surface area contributed by atoms with Crippen LogP contribution in [0.4, 0.5) is 0 Å². The van der Waals surface area contributed by atoms with Gasteiger partial charge >= 0.3 is 0 Å². The van der Waals surface area contributed by atoms with Crippen molar-refractivity contribution in [2.75, 3.05) is 6.61 Å². The van der Waals surface area contributed by atoms with Gasteiger partial charge in [-0.05, 0) is 37.8 Å². The molecule has 2 unspecified atom stereocenters. The lowest BCUT2D eigenvalue weighted by atomic mass is 10.1. The molecule has 3 N–H and O–H groups in total. The third-order valence-electron chi connectivity index (χ3n) is 3.00. The van der Waals surface area contributed by atoms with E-state index in [1.807, 2.05) is 19.1 Å². The van der Waals surface area contributed by atoms with Gasteiger partial charge < -0.3 is 20.3 Å². The van der Waals surface area contributed by atoms with Gasteiger partial charge in [-0.1, -0.05) is 6.07 Å². The Morgan fingerprint density at radius 3 is 2.94 bits per heavy atom. The molecule has 0 aromatic heterocycles. The van der Waals surface area contributed by atoms with Crippen LogP contribution in [0.3, 0.4) is 0 Å². The zero-order valence-electron chi connectivity index (χ0n) is 10.8. The van der Waals surface area contributed by atoms with Gasteiger partial charge in [0.1, 0.15) is 11.5 Å². The smallest absolute Gasteiger partial charge is 0.199 e. The minimum absolute atomic E-state index is 0.0318. The summed E-state index contributed by atoms with van der Waals surface area (Å²) >= 11 is 0. The number of aromatic hydroxyl groups is 1. The summed E-state index contributed by atoms with van der Waals surface area (Å²) in [5.74, 6) is 0.883. The van der Waals surface area contributed by atoms with Crippen molar-refractivity contribution in [3.8, 4) is 11.5 Å². The second-order valence-corrected chi connectivity index (χ2v) is 4.89. The molecular formula is C14H21NO3. The Morgan fingerprint density at radius 1 is 1.50 bits per heavy atom. The Hall–Kier alpha value is -1.26. The highest BCUT2D eigenvalue weighted by atomic mass is 16.7. The van der Waals surface area contributed by atoms with E-state index in [2.05, 4.69) is 0 Å². The van der Waals surface area contributed by atoms with Gasteiger partial charge in [0, 0.05) is 18.5 Å². The maximum atomic E-state index is 9.89. The molecule has 1 fully saturated rings. The van der Waals surface area contributed by atoms with E-state index in [1.165, 1.54) is 0 Å². The predicted octanol–water partition coefficient (Wildman–Crippen LogP) is 2.19. The van der Waals surface area contributed by atoms with E-state index in [1.54, 1.807) is 6.07 Å². The first-order valence-electron chi connectivity index (χ1n) is 6.51. The molecule has 1 aromatic rings. The summed E-state index contributed by atoms with van der Waals surface area (Å²) in [6.45, 7) is 2.67. The molecule has 100 valence electrons. The standard InChI is InChI=1S/C14H21NO3/c1-10(15)8-11-5-6-12(9-13(11)16)18-14-4-2-3-7-17-14/h5-6,9-10,14,16H,2-4,7-8,15H2,1H3. The van der Waals surface area contributed by atoms with Crippen LogP contribution in [-0.2, 0) is 11.2 Å². The molecule has 2 rings (SSSR count). The fraction of sp³-hybridized carbons (Fsp3) is 0.571. The van der Waals surface area contributed by atoms with Crippen molar-refractivity contribution < 1.29 is 14.6 Å². The molecular weight excluding hydrogens is 230 g/mol. The molecule has 1 aliphatic rings. The highest BCUT2D eigenvalue weighted by Gasteiger charge is 2.15. The molecule has 4 heteroatoms. The van der Waals surface area contributed by atoms with Gasteiger partial charge in [0.15, 0.2) is 6.29 Å². The molecule has 0 aliphatic carbocycles. The quantitative estimate of drug-likeness (QED) is 0.861. The minimum Gasteiger partial charge on any atom is -0.508 e. The van der Waals surface area contributed by atoms with E-state index in [-0.39, 0.29) is 18.1 Å². The molecule has 0 radical (unpaired) electrons. The van der Waals surface area contributed by atoms with Crippen molar-refractivity contribution in [2.45, 2.75) is 44.9 Å². The van der Waals surface area contributed by atoms with Gasteiger partial charge in [0.05, 0.1) is 6.61 Å². The van der Waals surface area contributed by atoms with Crippen LogP contribution in [0.25, 0.3) is 0 Å². The van der Waals surface area contributed by atoms with E-state index in [0.717, 1.165) is 31.4 Å². The lowest BCUT2D eigenvalue weighted by molar-refractivity contribution is -0.105. The maximum absolute atomic E-state index is 9.89. The van der Waals surface area contributed by atoms with Crippen LogP contribution < -0.4 is 10.5 Å². The van der Waals surface area contributed by atoms with Gasteiger partial charge in [0.25, 0.3) is 0 Å². The van der Waals surface area contributed by atoms with Gasteiger partial charge in [-0.3, -0.25) is 0 Å². The number of phenols is 1. The lowest BCUT2D eigenvalue weighted by Gasteiger charge is -2.23. The fourth-order valence-corrected chi connectivity index (χ4v) is 2.09. The van der Waals surface area contributed by atoms with Crippen LogP contribution in [0.1, 0.15) is 31.7 Å². The third kappa shape index (κ3) is 3.62. The monoisotopic (exact) mass is 251 g/mol. The van der Waals surface area contributed by atoms with Crippen molar-refractivity contribution in [3.05, 3.63) is 23.8 Å². The molecule has 1 aliphatic heterocycles. The van der Waals surface area contributed by atoms with Crippen molar-refractivity contribution in [3.63, 3.8) is 0 Å². The molecule has 0 spiro atoms. The molecule has 2 atom stereocenters. The van der Waals surface area contributed by atoms with Crippen LogP contribution in [0.15, 0.2) is 18.2 Å². The number of ether oxygens (including phenoxy) is 2. The van der Waals surface area contributed by atoms with Crippen molar-refractivity contribution in [1.82, 2.24) is 0 Å². The summed E-state index contributed by atoms with van der Waals surface area (Å²) in [4.78, 5) is 0. The SMILES string of the molecule is CC(N)Cc1ccc(OC2CCCCO2)cc1O. The highest BCUT2D eigenvalue weighted by molar-refractivity contribution is 5.40. The average molecular weight is 251 g/mol. The molecule has 18 heavy (non-hydrogen) atoms. The second-order valence-electron chi connectivity index (χ2n) is 4.89. The fourth-order valence-electron chi connectivity index (χ4n) is 2.09. The van der Waals surface area contributed by atoms with Gasteiger partial charge in [0.2, 0.25) is 0 Å². The molecule has 0 amide bonds. The van der Waals surface area contributed by atoms with Gasteiger partial charge in [-0.15, -0.1) is 0 Å². The van der Waals surface area contributed by atoms with Crippen LogP contribution >= 0.6 is 0 Å². The number of phenolic OH excluding ortho intramolecular Hbond substituents is 1. The van der Waals surface area contributed by atoms with Crippen LogP contribution in [0, 0.1) is 0 Å². The minimum atomic E-state index is -0.183. The van der Waals surface area contributed by atoms with Gasteiger partial charge in [-0.25, -0.2) is 0 Å². The maximum Gasteiger partial charge on any atom is 0.199 e. The van der Waals surface area contributed by atoms with E-state index >= 15 is 0 Å². The van der Waals surface area contributed by atoms with E-state index in [0.29, 0.717) is 12.2 Å². The Kier molecular flexibility index (Phi) is 4.44. The zero-order chi connectivity index (χ0) is 13.0. The molecule has 4 nitrogen and oxygen atoms in total. The molecule has 1 heterocycles. The molecule has 0 bridgehead atoms. The van der Waals surface area contributed by atoms with Crippen LogP contribution in [0.2, 0.25) is 0 Å². The molecule has 0 saturated carbocycles. The summed E-state index contributed by atoms with van der Waals surface area (Å²) in [7, 11) is 0. The number of rotatable bonds is 4. The second kappa shape index (κ2) is 6.07. The number of benzene rings is 1. The first-order chi connectivity index (χ1) is 8.65. The summed E-state index contributed by atoms with van der Waals surface area (Å²) in [5.41, 5.74) is 6.57. The van der Waals surface area contributed by atoms with Crippen molar-refractivity contribution >= 4 is 0 Å². The molecule has 1 saturated heterocycles. The Bertz CT molecular complexity index is 387. The lowest BCUT2D eigenvalue weighted by Crippen LogP contribution is -2.25. The zero-order valence-corrected chi connectivity index (χ0v) is 10.8. The number of nitrogens with two attached hydrogens (primary N) is 1. The Balaban J connectivity index is 1.99. The van der Waals surface area contributed by atoms with Gasteiger partial charge in [-0.2, -0.15) is 0 Å². The van der Waals surface area contributed by atoms with E-state index in [9.17, 15) is 5.11 Å². The largest absolute Gasteiger partial charge is 0.508 e. The normalized spacial score (nSPS) is 21.6. The number of hydrogen-bond donors (Lipinski definition) is 2. The summed E-state index contributed by atoms with van der Waals surface area (Å²) in [6.07, 6.45) is 3.60.